The lowest BCUT2D eigenvalue weighted by molar-refractivity contribution is -0.112. The van der Waals surface area contributed by atoms with Gasteiger partial charge in [-0.3, -0.25) is 4.79 Å². The van der Waals surface area contributed by atoms with E-state index in [0.29, 0.717) is 18.9 Å². The Balaban J connectivity index is 1.45. The number of halogens is 1. The Hall–Kier alpha value is -3.83. The largest absolute Gasteiger partial charge is 0.494 e. The van der Waals surface area contributed by atoms with Gasteiger partial charge in [-0.25, -0.2) is 0 Å². The van der Waals surface area contributed by atoms with Crippen LogP contribution in [0.25, 0.3) is 16.8 Å². The van der Waals surface area contributed by atoms with E-state index in [1.807, 2.05) is 49.4 Å². The number of rotatable bonds is 8. The zero-order valence-electron chi connectivity index (χ0n) is 19.1. The van der Waals surface area contributed by atoms with Crippen LogP contribution in [0.3, 0.4) is 0 Å². The number of benzene rings is 4. The lowest BCUT2D eigenvalue weighted by Gasteiger charge is -2.11. The smallest absolute Gasteiger partial charge is 0.266 e. The molecule has 174 valence electrons. The molecule has 1 amide bonds. The van der Waals surface area contributed by atoms with Crippen LogP contribution in [0.1, 0.15) is 18.1 Å². The maximum atomic E-state index is 12.6. The Labute approximate surface area is 218 Å². The summed E-state index contributed by atoms with van der Waals surface area (Å²) in [7, 11) is 0. The van der Waals surface area contributed by atoms with Crippen LogP contribution >= 0.6 is 22.6 Å². The van der Waals surface area contributed by atoms with Gasteiger partial charge in [-0.05, 0) is 93.9 Å². The summed E-state index contributed by atoms with van der Waals surface area (Å²) in [6.07, 6.45) is 1.57. The third kappa shape index (κ3) is 6.19. The summed E-state index contributed by atoms with van der Waals surface area (Å²) in [6.45, 7) is 2.92. The highest BCUT2D eigenvalue weighted by molar-refractivity contribution is 14.1. The van der Waals surface area contributed by atoms with Crippen molar-refractivity contribution in [3.63, 3.8) is 0 Å². The number of hydrogen-bond acceptors (Lipinski definition) is 4. The zero-order valence-corrected chi connectivity index (χ0v) is 21.3. The minimum absolute atomic E-state index is 0.0131. The molecular weight excluding hydrogens is 551 g/mol. The second kappa shape index (κ2) is 11.5. The molecule has 4 aromatic rings. The Kier molecular flexibility index (Phi) is 8.01. The van der Waals surface area contributed by atoms with Crippen LogP contribution in [0.2, 0.25) is 0 Å². The second-order valence-corrected chi connectivity index (χ2v) is 8.86. The molecule has 1 N–H and O–H groups in total. The minimum atomic E-state index is -0.469. The standard InChI is InChI=1S/C29H23IN2O3/c1-2-34-25-13-11-24(12-14-25)32-29(33)23(18-31)16-20-10-15-28(27(30)17-20)35-19-22-8-5-7-21-6-3-4-9-26(21)22/h3-17H,2,19H2,1H3,(H,32,33)/b23-16-. The SMILES string of the molecule is CCOc1ccc(NC(=O)/C(C#N)=C\c2ccc(OCc3cccc4ccccc34)c(I)c2)cc1. The van der Waals surface area contributed by atoms with Crippen molar-refractivity contribution in [3.8, 4) is 17.6 Å². The number of fused-ring (bicyclic) bond motifs is 1. The van der Waals surface area contributed by atoms with Gasteiger partial charge in [0.05, 0.1) is 10.2 Å². The van der Waals surface area contributed by atoms with Gasteiger partial charge in [0.15, 0.2) is 0 Å². The fourth-order valence-corrected chi connectivity index (χ4v) is 4.31. The monoisotopic (exact) mass is 574 g/mol. The topological polar surface area (TPSA) is 71.3 Å². The minimum Gasteiger partial charge on any atom is -0.494 e. The molecule has 5 nitrogen and oxygen atoms in total. The van der Waals surface area contributed by atoms with E-state index in [2.05, 4.69) is 52.2 Å². The molecule has 0 aliphatic heterocycles. The number of carbonyl (C=O) groups excluding carboxylic acids is 1. The third-order valence-corrected chi connectivity index (χ3v) is 6.16. The number of ether oxygens (including phenoxy) is 2. The maximum absolute atomic E-state index is 12.6. The van der Waals surface area contributed by atoms with E-state index in [1.54, 1.807) is 30.3 Å². The van der Waals surface area contributed by atoms with Crippen molar-refractivity contribution in [1.82, 2.24) is 0 Å². The van der Waals surface area contributed by atoms with Gasteiger partial charge in [0.25, 0.3) is 5.91 Å². The third-order valence-electron chi connectivity index (χ3n) is 5.32. The molecule has 0 saturated heterocycles. The highest BCUT2D eigenvalue weighted by atomic mass is 127. The Morgan fingerprint density at radius 3 is 2.51 bits per heavy atom. The van der Waals surface area contributed by atoms with E-state index in [4.69, 9.17) is 9.47 Å². The van der Waals surface area contributed by atoms with Crippen molar-refractivity contribution >= 4 is 51.0 Å². The molecule has 0 radical (unpaired) electrons. The molecule has 0 spiro atoms. The quantitative estimate of drug-likeness (QED) is 0.140. The molecule has 6 heteroatoms. The summed E-state index contributed by atoms with van der Waals surface area (Å²) in [5, 5.41) is 14.6. The first-order valence-corrected chi connectivity index (χ1v) is 12.2. The molecule has 0 atom stereocenters. The molecule has 0 unspecified atom stereocenters. The predicted octanol–water partition coefficient (Wildman–Crippen LogP) is 6.97. The van der Waals surface area contributed by atoms with Crippen molar-refractivity contribution in [3.05, 3.63) is 105 Å². The molecule has 0 saturated carbocycles. The molecule has 4 aromatic carbocycles. The Bertz CT molecular complexity index is 1420. The van der Waals surface area contributed by atoms with Crippen molar-refractivity contribution in [2.45, 2.75) is 13.5 Å². The first-order valence-electron chi connectivity index (χ1n) is 11.1. The van der Waals surface area contributed by atoms with E-state index >= 15 is 0 Å². The predicted molar refractivity (Wildman–Crippen MR) is 147 cm³/mol. The van der Waals surface area contributed by atoms with Crippen molar-refractivity contribution in [1.29, 1.82) is 5.26 Å². The molecule has 0 heterocycles. The molecule has 0 fully saturated rings. The number of carbonyl (C=O) groups is 1. The zero-order chi connectivity index (χ0) is 24.6. The molecule has 4 rings (SSSR count). The van der Waals surface area contributed by atoms with Crippen LogP contribution < -0.4 is 14.8 Å². The number of nitrogens with one attached hydrogen (secondary N) is 1. The summed E-state index contributed by atoms with van der Waals surface area (Å²) in [4.78, 5) is 12.6. The summed E-state index contributed by atoms with van der Waals surface area (Å²) < 4.78 is 12.4. The van der Waals surface area contributed by atoms with Gasteiger partial charge in [-0.15, -0.1) is 0 Å². The average Bonchev–Trinajstić information content (AvgIpc) is 2.88. The highest BCUT2D eigenvalue weighted by Gasteiger charge is 2.11. The van der Waals surface area contributed by atoms with Gasteiger partial charge in [0.1, 0.15) is 29.7 Å². The number of anilines is 1. The molecular formula is C29H23IN2O3. The average molecular weight is 574 g/mol. The normalized spacial score (nSPS) is 11.1. The summed E-state index contributed by atoms with van der Waals surface area (Å²) in [6, 6.07) is 29.0. The molecule has 35 heavy (non-hydrogen) atoms. The number of hydrogen-bond donors (Lipinski definition) is 1. The van der Waals surface area contributed by atoms with Gasteiger partial charge in [-0.1, -0.05) is 48.5 Å². The van der Waals surface area contributed by atoms with Gasteiger partial charge < -0.3 is 14.8 Å². The van der Waals surface area contributed by atoms with Crippen molar-refractivity contribution < 1.29 is 14.3 Å². The molecule has 0 bridgehead atoms. The van der Waals surface area contributed by atoms with E-state index in [0.717, 1.165) is 26.2 Å². The lowest BCUT2D eigenvalue weighted by atomic mass is 10.1. The van der Waals surface area contributed by atoms with E-state index < -0.39 is 5.91 Å². The van der Waals surface area contributed by atoms with Crippen molar-refractivity contribution in [2.24, 2.45) is 0 Å². The lowest BCUT2D eigenvalue weighted by Crippen LogP contribution is -2.13. The molecule has 0 aromatic heterocycles. The fraction of sp³-hybridized carbons (Fsp3) is 0.103. The fourth-order valence-electron chi connectivity index (χ4n) is 3.61. The van der Waals surface area contributed by atoms with Gasteiger partial charge in [-0.2, -0.15) is 5.26 Å². The first kappa shape index (κ1) is 24.3. The van der Waals surface area contributed by atoms with Crippen LogP contribution in [-0.4, -0.2) is 12.5 Å². The van der Waals surface area contributed by atoms with Gasteiger partial charge in [0.2, 0.25) is 0 Å². The van der Waals surface area contributed by atoms with Crippen LogP contribution in [0.15, 0.2) is 90.5 Å². The maximum Gasteiger partial charge on any atom is 0.266 e. The van der Waals surface area contributed by atoms with Crippen LogP contribution in [0.5, 0.6) is 11.5 Å². The molecule has 0 aliphatic carbocycles. The first-order chi connectivity index (χ1) is 17.1. The Morgan fingerprint density at radius 1 is 1.00 bits per heavy atom. The van der Waals surface area contributed by atoms with Gasteiger partial charge >= 0.3 is 0 Å². The van der Waals surface area contributed by atoms with Crippen molar-refractivity contribution in [2.75, 3.05) is 11.9 Å². The second-order valence-electron chi connectivity index (χ2n) is 7.70. The number of nitrogens with zero attached hydrogens (tertiary/aromatic N) is 1. The van der Waals surface area contributed by atoms with E-state index in [9.17, 15) is 10.1 Å². The van der Waals surface area contributed by atoms with E-state index in [1.165, 1.54) is 10.8 Å². The van der Waals surface area contributed by atoms with Crippen LogP contribution in [0, 0.1) is 14.9 Å². The summed E-state index contributed by atoms with van der Waals surface area (Å²) in [5.74, 6) is 0.995. The summed E-state index contributed by atoms with van der Waals surface area (Å²) >= 11 is 2.20. The Morgan fingerprint density at radius 2 is 1.77 bits per heavy atom. The number of nitriles is 1. The number of amides is 1. The summed E-state index contributed by atoms with van der Waals surface area (Å²) in [5.41, 5.74) is 2.45. The molecule has 0 aliphatic rings. The van der Waals surface area contributed by atoms with E-state index in [-0.39, 0.29) is 5.57 Å². The highest BCUT2D eigenvalue weighted by Crippen LogP contribution is 2.26. The van der Waals surface area contributed by atoms with Crippen LogP contribution in [-0.2, 0) is 11.4 Å². The van der Waals surface area contributed by atoms with Crippen LogP contribution in [0.4, 0.5) is 5.69 Å². The van der Waals surface area contributed by atoms with Gasteiger partial charge in [0, 0.05) is 5.69 Å².